The summed E-state index contributed by atoms with van der Waals surface area (Å²) in [5, 5.41) is 9.15. The van der Waals surface area contributed by atoms with Gasteiger partial charge in [-0.3, -0.25) is 9.36 Å². The number of hydrogen-bond acceptors (Lipinski definition) is 4. The van der Waals surface area contributed by atoms with Crippen LogP contribution in [0.3, 0.4) is 0 Å². The number of carboxylic acid groups (broad SMARTS) is 1. The van der Waals surface area contributed by atoms with Crippen molar-refractivity contribution in [2.24, 2.45) is 0 Å². The zero-order valence-corrected chi connectivity index (χ0v) is 12.1. The number of fused-ring (bicyclic) bond motifs is 1. The Hall–Kier alpha value is -1.83. The maximum Gasteiger partial charge on any atom is 0.328 e. The van der Waals surface area contributed by atoms with E-state index in [1.54, 1.807) is 18.3 Å². The van der Waals surface area contributed by atoms with Gasteiger partial charge in [0.15, 0.2) is 14.6 Å². The molecule has 1 amide bonds. The van der Waals surface area contributed by atoms with Crippen molar-refractivity contribution >= 4 is 21.8 Å². The van der Waals surface area contributed by atoms with Crippen LogP contribution < -0.4 is 0 Å². The van der Waals surface area contributed by atoms with E-state index in [-0.39, 0.29) is 19.0 Å². The molecule has 0 unspecified atom stereocenters. The van der Waals surface area contributed by atoms with Crippen LogP contribution in [0.1, 0.15) is 19.0 Å². The lowest BCUT2D eigenvalue weighted by molar-refractivity contribution is -0.139. The summed E-state index contributed by atoms with van der Waals surface area (Å²) in [6.07, 6.45) is 2.39. The van der Waals surface area contributed by atoms with E-state index in [1.807, 2.05) is 0 Å². The van der Waals surface area contributed by atoms with E-state index in [2.05, 4.69) is 0 Å². The summed E-state index contributed by atoms with van der Waals surface area (Å²) in [6.45, 7) is 1.62. The Labute approximate surface area is 116 Å². The molecule has 0 spiro atoms. The van der Waals surface area contributed by atoms with Gasteiger partial charge in [-0.1, -0.05) is 0 Å². The Balaban J connectivity index is 2.12. The molecule has 1 N–H and O–H groups in total. The molecule has 1 aromatic heterocycles. The average Bonchev–Trinajstić information content (AvgIpc) is 2.88. The van der Waals surface area contributed by atoms with Crippen LogP contribution in [0.25, 0.3) is 0 Å². The highest BCUT2D eigenvalue weighted by Crippen LogP contribution is 2.24. The van der Waals surface area contributed by atoms with E-state index in [1.165, 1.54) is 16.4 Å². The Morgan fingerprint density at radius 1 is 1.50 bits per heavy atom. The molecule has 0 aliphatic carbocycles. The van der Waals surface area contributed by atoms with Gasteiger partial charge in [0.05, 0.1) is 6.54 Å². The molecular formula is C12H16N2O5S. The summed E-state index contributed by atoms with van der Waals surface area (Å²) < 4.78 is 22.9. The van der Waals surface area contributed by atoms with Gasteiger partial charge in [-0.2, -0.15) is 0 Å². The quantitative estimate of drug-likeness (QED) is 0.856. The van der Waals surface area contributed by atoms with Crippen LogP contribution in [0.5, 0.6) is 0 Å². The average molecular weight is 300 g/mol. The Morgan fingerprint density at radius 2 is 2.15 bits per heavy atom. The number of aliphatic carboxylic acids is 1. The summed E-state index contributed by atoms with van der Waals surface area (Å²) >= 11 is 0. The highest BCUT2D eigenvalue weighted by molar-refractivity contribution is 7.92. The van der Waals surface area contributed by atoms with Crippen LogP contribution in [0.2, 0.25) is 0 Å². The topological polar surface area (TPSA) is 96.7 Å². The van der Waals surface area contributed by atoms with Gasteiger partial charge in [-0.15, -0.1) is 0 Å². The lowest BCUT2D eigenvalue weighted by Gasteiger charge is -2.25. The van der Waals surface area contributed by atoms with E-state index in [4.69, 9.17) is 5.11 Å². The zero-order valence-electron chi connectivity index (χ0n) is 11.2. The minimum absolute atomic E-state index is 0.0797. The second kappa shape index (κ2) is 4.62. The first-order valence-corrected chi connectivity index (χ1v) is 7.94. The molecule has 1 atom stereocenters. The highest BCUT2D eigenvalue weighted by atomic mass is 32.2. The van der Waals surface area contributed by atoms with Crippen LogP contribution in [0, 0.1) is 0 Å². The lowest BCUT2D eigenvalue weighted by atomic mass is 10.1. The summed E-state index contributed by atoms with van der Waals surface area (Å²) in [5.41, 5.74) is 0.811. The number of carbonyl (C=O) groups is 2. The van der Waals surface area contributed by atoms with Crippen molar-refractivity contribution in [1.82, 2.24) is 9.47 Å². The van der Waals surface area contributed by atoms with Gasteiger partial charge in [-0.25, -0.2) is 13.2 Å². The van der Waals surface area contributed by atoms with Crippen LogP contribution in [-0.2, 0) is 21.2 Å². The molecule has 0 radical (unpaired) electrons. The number of aromatic nitrogens is 1. The number of carboxylic acids is 1. The number of rotatable bonds is 5. The van der Waals surface area contributed by atoms with E-state index in [0.29, 0.717) is 6.54 Å². The van der Waals surface area contributed by atoms with Crippen LogP contribution >= 0.6 is 0 Å². The number of sulfone groups is 1. The van der Waals surface area contributed by atoms with Gasteiger partial charge in [0.25, 0.3) is 0 Å². The van der Waals surface area contributed by atoms with Gasteiger partial charge in [0.1, 0.15) is 0 Å². The maximum absolute atomic E-state index is 12.0. The third kappa shape index (κ3) is 2.20. The molecule has 0 saturated carbocycles. The van der Waals surface area contributed by atoms with Crippen molar-refractivity contribution in [2.45, 2.75) is 24.6 Å². The van der Waals surface area contributed by atoms with E-state index < -0.39 is 20.6 Å². The predicted molar refractivity (Wildman–Crippen MR) is 71.1 cm³/mol. The van der Waals surface area contributed by atoms with Crippen LogP contribution in [-0.4, -0.2) is 52.5 Å². The molecule has 1 aliphatic heterocycles. The number of hydrogen-bond donors (Lipinski definition) is 1. The van der Waals surface area contributed by atoms with Gasteiger partial charge in [-0.05, 0) is 25.5 Å². The maximum atomic E-state index is 12.0. The van der Waals surface area contributed by atoms with E-state index in [0.717, 1.165) is 11.9 Å². The molecule has 1 aromatic rings. The molecule has 110 valence electrons. The van der Waals surface area contributed by atoms with Gasteiger partial charge in [0.2, 0.25) is 0 Å². The molecule has 0 fully saturated rings. The minimum atomic E-state index is -3.77. The molecule has 0 aromatic carbocycles. The van der Waals surface area contributed by atoms with Crippen molar-refractivity contribution in [3.8, 4) is 0 Å². The second-order valence-electron chi connectivity index (χ2n) is 5.13. The minimum Gasteiger partial charge on any atom is -0.480 e. The normalized spacial score (nSPS) is 17.9. The first-order valence-electron chi connectivity index (χ1n) is 6.05. The van der Waals surface area contributed by atoms with Crippen molar-refractivity contribution in [1.29, 1.82) is 0 Å². The molecule has 20 heavy (non-hydrogen) atoms. The number of carbonyl (C=O) groups excluding carboxylic acids is 1. The fraction of sp³-hybridized carbons (Fsp3) is 0.500. The Kier molecular flexibility index (Phi) is 3.37. The fourth-order valence-electron chi connectivity index (χ4n) is 2.12. The van der Waals surface area contributed by atoms with Crippen LogP contribution in [0.4, 0.5) is 4.79 Å². The molecule has 7 nitrogen and oxygen atoms in total. The smallest absolute Gasteiger partial charge is 0.328 e. The Bertz CT molecular complexity index is 663. The third-order valence-corrected chi connectivity index (χ3v) is 5.81. The summed E-state index contributed by atoms with van der Waals surface area (Å²) in [4.78, 5) is 24.7. The first-order chi connectivity index (χ1) is 9.17. The first kappa shape index (κ1) is 14.6. The highest BCUT2D eigenvalue weighted by Gasteiger charge is 2.44. The van der Waals surface area contributed by atoms with E-state index >= 15 is 0 Å². The predicted octanol–water partition coefficient (Wildman–Crippen LogP) is 0.550. The monoisotopic (exact) mass is 300 g/mol. The molecule has 8 heteroatoms. The van der Waals surface area contributed by atoms with Crippen molar-refractivity contribution in [2.75, 3.05) is 12.8 Å². The summed E-state index contributed by atoms with van der Waals surface area (Å²) in [6, 6.07) is 3.29. The van der Waals surface area contributed by atoms with Crippen molar-refractivity contribution in [3.05, 3.63) is 24.0 Å². The number of nitrogens with zero attached hydrogens (tertiary/aromatic N) is 2. The second-order valence-corrected chi connectivity index (χ2v) is 7.58. The van der Waals surface area contributed by atoms with Crippen molar-refractivity contribution < 1.29 is 23.1 Å². The van der Waals surface area contributed by atoms with E-state index in [9.17, 15) is 18.0 Å². The zero-order chi connectivity index (χ0) is 15.1. The van der Waals surface area contributed by atoms with Gasteiger partial charge >= 0.3 is 12.0 Å². The molecular weight excluding hydrogens is 284 g/mol. The van der Waals surface area contributed by atoms with Gasteiger partial charge in [0, 0.05) is 24.7 Å². The largest absolute Gasteiger partial charge is 0.480 e. The van der Waals surface area contributed by atoms with Crippen LogP contribution in [0.15, 0.2) is 18.3 Å². The summed E-state index contributed by atoms with van der Waals surface area (Å²) in [5.74, 6) is -1.40. The third-order valence-electron chi connectivity index (χ3n) is 3.79. The van der Waals surface area contributed by atoms with Crippen molar-refractivity contribution in [3.63, 3.8) is 0 Å². The Morgan fingerprint density at radius 3 is 2.65 bits per heavy atom. The lowest BCUT2D eigenvalue weighted by Crippen LogP contribution is -2.45. The van der Waals surface area contributed by atoms with Gasteiger partial charge < -0.3 is 10.0 Å². The molecule has 0 saturated heterocycles. The fourth-order valence-corrected chi connectivity index (χ4v) is 2.90. The molecule has 1 aliphatic rings. The number of amides is 1. The molecule has 2 heterocycles. The molecule has 0 bridgehead atoms. The SMILES string of the molecule is C[C@@](CCN1Cc2cccn2C1=O)(C(=O)O)S(C)(=O)=O. The molecule has 2 rings (SSSR count). The standard InChI is InChI=1S/C12H16N2O5S/c1-12(10(15)16,20(2,18)19)5-7-13-8-9-4-3-6-14(9)11(13)17/h3-4,6H,5,7-8H2,1-2H3,(H,15,16)/t12-/m1/s1. The summed E-state index contributed by atoms with van der Waals surface area (Å²) in [7, 11) is -3.77.